The number of hydrogen-bond donors (Lipinski definition) is 1. The van der Waals surface area contributed by atoms with E-state index in [-0.39, 0.29) is 23.4 Å². The van der Waals surface area contributed by atoms with E-state index in [0.29, 0.717) is 31.6 Å². The molecular formula is C22H26N2O5S. The van der Waals surface area contributed by atoms with Gasteiger partial charge in [-0.25, -0.2) is 13.2 Å². The third-order valence-electron chi connectivity index (χ3n) is 5.20. The van der Waals surface area contributed by atoms with Crippen LogP contribution in [0.25, 0.3) is 0 Å². The van der Waals surface area contributed by atoms with Crippen LogP contribution in [-0.2, 0) is 25.8 Å². The number of sulfone groups is 1. The summed E-state index contributed by atoms with van der Waals surface area (Å²) in [6.45, 7) is 1.11. The molecule has 0 bridgehead atoms. The average molecular weight is 431 g/mol. The summed E-state index contributed by atoms with van der Waals surface area (Å²) in [4.78, 5) is 26.4. The summed E-state index contributed by atoms with van der Waals surface area (Å²) in [5, 5.41) is 2.97. The predicted octanol–water partition coefficient (Wildman–Crippen LogP) is 1.60. The van der Waals surface area contributed by atoms with Crippen molar-refractivity contribution in [3.05, 3.63) is 71.3 Å². The van der Waals surface area contributed by atoms with Crippen LogP contribution in [0.2, 0.25) is 0 Å². The lowest BCUT2D eigenvalue weighted by atomic mass is 10.0. The van der Waals surface area contributed by atoms with E-state index in [1.54, 1.807) is 12.1 Å². The van der Waals surface area contributed by atoms with Gasteiger partial charge < -0.3 is 10.1 Å². The van der Waals surface area contributed by atoms with E-state index in [1.165, 1.54) is 7.11 Å². The SMILES string of the molecule is COC(=O)c1ccc(CCNC(=O)C(c2ccccc2)N2CCS(=O)(=O)CC2)cc1. The summed E-state index contributed by atoms with van der Waals surface area (Å²) in [6.07, 6.45) is 0.614. The Bertz CT molecular complexity index is 960. The molecule has 0 aromatic heterocycles. The molecule has 1 amide bonds. The number of benzene rings is 2. The molecule has 2 aromatic carbocycles. The van der Waals surface area contributed by atoms with Crippen LogP contribution >= 0.6 is 0 Å². The van der Waals surface area contributed by atoms with Crippen LogP contribution in [0.4, 0.5) is 0 Å². The van der Waals surface area contributed by atoms with Gasteiger partial charge in [0.1, 0.15) is 6.04 Å². The first-order valence-corrected chi connectivity index (χ1v) is 11.7. The first-order valence-electron chi connectivity index (χ1n) is 9.84. The first kappa shape index (κ1) is 22.0. The highest BCUT2D eigenvalue weighted by Crippen LogP contribution is 2.23. The topological polar surface area (TPSA) is 92.8 Å². The van der Waals surface area contributed by atoms with Gasteiger partial charge in [-0.1, -0.05) is 42.5 Å². The van der Waals surface area contributed by atoms with Gasteiger partial charge in [0.15, 0.2) is 9.84 Å². The molecule has 0 saturated carbocycles. The Labute approximate surface area is 177 Å². The van der Waals surface area contributed by atoms with Crippen molar-refractivity contribution in [2.24, 2.45) is 0 Å². The fraction of sp³-hybridized carbons (Fsp3) is 0.364. The van der Waals surface area contributed by atoms with E-state index in [4.69, 9.17) is 0 Å². The Hall–Kier alpha value is -2.71. The quantitative estimate of drug-likeness (QED) is 0.671. The number of nitrogens with zero attached hydrogens (tertiary/aromatic N) is 1. The molecule has 3 rings (SSSR count). The second-order valence-corrected chi connectivity index (χ2v) is 9.53. The van der Waals surface area contributed by atoms with Crippen LogP contribution < -0.4 is 5.32 Å². The van der Waals surface area contributed by atoms with Gasteiger partial charge in [0.05, 0.1) is 24.2 Å². The summed E-state index contributed by atoms with van der Waals surface area (Å²) >= 11 is 0. The van der Waals surface area contributed by atoms with Crippen LogP contribution in [0.5, 0.6) is 0 Å². The van der Waals surface area contributed by atoms with Crippen molar-refractivity contribution in [2.45, 2.75) is 12.5 Å². The number of rotatable bonds is 7. The second kappa shape index (κ2) is 9.86. The molecule has 1 atom stereocenters. The summed E-state index contributed by atoms with van der Waals surface area (Å²) in [5.74, 6) is -0.400. The summed E-state index contributed by atoms with van der Waals surface area (Å²) in [7, 11) is -1.69. The monoisotopic (exact) mass is 430 g/mol. The Morgan fingerprint density at radius 3 is 2.27 bits per heavy atom. The smallest absolute Gasteiger partial charge is 0.337 e. The molecule has 1 aliphatic rings. The fourth-order valence-corrected chi connectivity index (χ4v) is 4.73. The zero-order valence-corrected chi connectivity index (χ0v) is 17.7. The molecule has 1 fully saturated rings. The summed E-state index contributed by atoms with van der Waals surface area (Å²) in [5.41, 5.74) is 2.31. The summed E-state index contributed by atoms with van der Waals surface area (Å²) in [6, 6.07) is 16.0. The molecular weight excluding hydrogens is 404 g/mol. The van der Waals surface area contributed by atoms with Crippen LogP contribution in [0.1, 0.15) is 27.5 Å². The second-order valence-electron chi connectivity index (χ2n) is 7.23. The van der Waals surface area contributed by atoms with E-state index in [1.807, 2.05) is 47.4 Å². The number of carbonyl (C=O) groups excluding carboxylic acids is 2. The van der Waals surface area contributed by atoms with Crippen molar-refractivity contribution in [3.8, 4) is 0 Å². The lowest BCUT2D eigenvalue weighted by molar-refractivity contribution is -0.126. The van der Waals surface area contributed by atoms with Gasteiger partial charge in [-0.2, -0.15) is 0 Å². The Morgan fingerprint density at radius 2 is 1.67 bits per heavy atom. The normalized spacial score (nSPS) is 17.1. The third-order valence-corrected chi connectivity index (χ3v) is 6.80. The van der Waals surface area contributed by atoms with Crippen molar-refractivity contribution in [1.82, 2.24) is 10.2 Å². The minimum absolute atomic E-state index is 0.0656. The standard InChI is InChI=1S/C22H26N2O5S/c1-29-22(26)19-9-7-17(8-10-19)11-12-23-21(25)20(18-5-3-2-4-6-18)24-13-15-30(27,28)16-14-24/h2-10,20H,11-16H2,1H3,(H,23,25). The Balaban J connectivity index is 1.63. The van der Waals surface area contributed by atoms with Gasteiger partial charge in [0.25, 0.3) is 0 Å². The maximum atomic E-state index is 13.0. The lowest BCUT2D eigenvalue weighted by Crippen LogP contribution is -2.47. The molecule has 7 nitrogen and oxygen atoms in total. The van der Waals surface area contributed by atoms with Crippen LogP contribution in [0, 0.1) is 0 Å². The number of esters is 1. The van der Waals surface area contributed by atoms with E-state index in [0.717, 1.165) is 11.1 Å². The third kappa shape index (κ3) is 5.67. The largest absolute Gasteiger partial charge is 0.465 e. The molecule has 0 radical (unpaired) electrons. The van der Waals surface area contributed by atoms with Crippen molar-refractivity contribution in [3.63, 3.8) is 0 Å². The highest BCUT2D eigenvalue weighted by Gasteiger charge is 2.32. The minimum Gasteiger partial charge on any atom is -0.465 e. The van der Waals surface area contributed by atoms with Crippen LogP contribution in [0.3, 0.4) is 0 Å². The molecule has 1 unspecified atom stereocenters. The predicted molar refractivity (Wildman–Crippen MR) is 114 cm³/mol. The first-order chi connectivity index (χ1) is 14.4. The van der Waals surface area contributed by atoms with Gasteiger partial charge in [-0.05, 0) is 29.7 Å². The summed E-state index contributed by atoms with van der Waals surface area (Å²) < 4.78 is 28.3. The number of amides is 1. The molecule has 30 heavy (non-hydrogen) atoms. The van der Waals surface area contributed by atoms with Crippen molar-refractivity contribution in [2.75, 3.05) is 38.2 Å². The van der Waals surface area contributed by atoms with Gasteiger partial charge >= 0.3 is 5.97 Å². The molecule has 1 N–H and O–H groups in total. The molecule has 1 aliphatic heterocycles. The molecule has 1 saturated heterocycles. The Morgan fingerprint density at radius 1 is 1.03 bits per heavy atom. The van der Waals surface area contributed by atoms with E-state index in [9.17, 15) is 18.0 Å². The minimum atomic E-state index is -3.03. The molecule has 1 heterocycles. The van der Waals surface area contributed by atoms with Crippen molar-refractivity contribution < 1.29 is 22.7 Å². The maximum absolute atomic E-state index is 13.0. The number of carbonyl (C=O) groups is 2. The maximum Gasteiger partial charge on any atom is 0.337 e. The highest BCUT2D eigenvalue weighted by molar-refractivity contribution is 7.91. The van der Waals surface area contributed by atoms with Crippen molar-refractivity contribution >= 4 is 21.7 Å². The van der Waals surface area contributed by atoms with Crippen LogP contribution in [-0.4, -0.2) is 63.4 Å². The molecule has 2 aromatic rings. The number of nitrogens with one attached hydrogen (secondary N) is 1. The number of hydrogen-bond acceptors (Lipinski definition) is 6. The average Bonchev–Trinajstić information content (AvgIpc) is 2.76. The van der Waals surface area contributed by atoms with Gasteiger partial charge in [-0.3, -0.25) is 9.69 Å². The Kier molecular flexibility index (Phi) is 7.23. The van der Waals surface area contributed by atoms with Gasteiger partial charge in [-0.15, -0.1) is 0 Å². The molecule has 8 heteroatoms. The van der Waals surface area contributed by atoms with Gasteiger partial charge in [0.2, 0.25) is 5.91 Å². The number of methoxy groups -OCH3 is 1. The van der Waals surface area contributed by atoms with E-state index >= 15 is 0 Å². The zero-order chi connectivity index (χ0) is 21.6. The van der Waals surface area contributed by atoms with Crippen molar-refractivity contribution in [1.29, 1.82) is 0 Å². The fourth-order valence-electron chi connectivity index (χ4n) is 3.50. The number of ether oxygens (including phenoxy) is 1. The van der Waals surface area contributed by atoms with Gasteiger partial charge in [0, 0.05) is 19.6 Å². The molecule has 0 spiro atoms. The molecule has 0 aliphatic carbocycles. The highest BCUT2D eigenvalue weighted by atomic mass is 32.2. The van der Waals surface area contributed by atoms with E-state index in [2.05, 4.69) is 10.1 Å². The van der Waals surface area contributed by atoms with E-state index < -0.39 is 15.9 Å². The zero-order valence-electron chi connectivity index (χ0n) is 16.9. The molecule has 160 valence electrons. The lowest BCUT2D eigenvalue weighted by Gasteiger charge is -2.33. The van der Waals surface area contributed by atoms with Crippen LogP contribution in [0.15, 0.2) is 54.6 Å².